The topological polar surface area (TPSA) is 56.3 Å². The maximum atomic E-state index is 5.37. The molecule has 0 unspecified atom stereocenters. The molecule has 0 aliphatic heterocycles. The van der Waals surface area contributed by atoms with Crippen LogP contribution in [0.1, 0.15) is 11.4 Å². The van der Waals surface area contributed by atoms with E-state index in [1.807, 2.05) is 7.05 Å². The fourth-order valence-electron chi connectivity index (χ4n) is 0.882. The van der Waals surface area contributed by atoms with Crippen LogP contribution in [0.5, 0.6) is 5.19 Å². The fourth-order valence-corrected chi connectivity index (χ4v) is 1.61. The van der Waals surface area contributed by atoms with Gasteiger partial charge in [-0.3, -0.25) is 0 Å². The lowest BCUT2D eigenvalue weighted by atomic mass is 10.5. The molecular weight excluding hydrogens is 202 g/mol. The highest BCUT2D eigenvalue weighted by atomic mass is 32.1. The van der Waals surface area contributed by atoms with E-state index in [2.05, 4.69) is 15.5 Å². The van der Waals surface area contributed by atoms with Crippen LogP contribution < -0.4 is 10.1 Å². The van der Waals surface area contributed by atoms with Gasteiger partial charge in [-0.15, -0.1) is 10.2 Å². The lowest BCUT2D eigenvalue weighted by molar-refractivity contribution is 0.171. The molecule has 1 aromatic rings. The maximum absolute atomic E-state index is 5.37. The number of aromatic nitrogens is 2. The third-order valence-electron chi connectivity index (χ3n) is 1.49. The molecule has 0 amide bonds. The predicted molar refractivity (Wildman–Crippen MR) is 54.7 cm³/mol. The molecule has 1 aromatic heterocycles. The van der Waals surface area contributed by atoms with Crippen molar-refractivity contribution in [3.63, 3.8) is 0 Å². The molecule has 0 aromatic carbocycles. The molecule has 0 radical (unpaired) electrons. The van der Waals surface area contributed by atoms with Crippen molar-refractivity contribution in [3.8, 4) is 5.19 Å². The van der Waals surface area contributed by atoms with E-state index in [1.165, 1.54) is 11.3 Å². The van der Waals surface area contributed by atoms with Crippen LogP contribution in [0.4, 0.5) is 0 Å². The smallest absolute Gasteiger partial charge is 0.294 e. The van der Waals surface area contributed by atoms with Gasteiger partial charge in [0.1, 0.15) is 5.01 Å². The number of methoxy groups -OCH3 is 1. The Bertz CT molecular complexity index is 254. The Kier molecular flexibility index (Phi) is 5.43. The molecule has 0 spiro atoms. The van der Waals surface area contributed by atoms with Gasteiger partial charge in [0.15, 0.2) is 0 Å². The van der Waals surface area contributed by atoms with Crippen molar-refractivity contribution in [1.29, 1.82) is 0 Å². The van der Waals surface area contributed by atoms with Gasteiger partial charge < -0.3 is 14.8 Å². The minimum absolute atomic E-state index is 0.627. The van der Waals surface area contributed by atoms with Crippen molar-refractivity contribution in [2.24, 2.45) is 0 Å². The van der Waals surface area contributed by atoms with Crippen molar-refractivity contribution in [3.05, 3.63) is 5.01 Å². The van der Waals surface area contributed by atoms with Crippen LogP contribution in [0.3, 0.4) is 0 Å². The molecular formula is C8H15N3O2S. The minimum atomic E-state index is 0.627. The molecule has 1 N–H and O–H groups in total. The normalized spacial score (nSPS) is 10.4. The first-order chi connectivity index (χ1) is 6.86. The van der Waals surface area contributed by atoms with Crippen molar-refractivity contribution < 1.29 is 9.47 Å². The van der Waals surface area contributed by atoms with Crippen LogP contribution in [-0.2, 0) is 11.3 Å². The largest absolute Gasteiger partial charge is 0.469 e. The second-order valence-corrected chi connectivity index (χ2v) is 3.71. The van der Waals surface area contributed by atoms with Gasteiger partial charge in [0.2, 0.25) is 0 Å². The Balaban J connectivity index is 2.22. The van der Waals surface area contributed by atoms with Crippen molar-refractivity contribution in [2.75, 3.05) is 27.4 Å². The number of hydrogen-bond acceptors (Lipinski definition) is 6. The Morgan fingerprint density at radius 2 is 2.21 bits per heavy atom. The van der Waals surface area contributed by atoms with E-state index in [4.69, 9.17) is 9.47 Å². The number of ether oxygens (including phenoxy) is 2. The molecule has 0 saturated carbocycles. The highest BCUT2D eigenvalue weighted by molar-refractivity contribution is 7.13. The van der Waals surface area contributed by atoms with Crippen LogP contribution in [0.2, 0.25) is 0 Å². The SMILES string of the molecule is CNCc1nnc(OCCCOC)s1. The molecule has 0 fully saturated rings. The molecule has 0 atom stereocenters. The zero-order valence-electron chi connectivity index (χ0n) is 8.45. The van der Waals surface area contributed by atoms with Crippen molar-refractivity contribution in [1.82, 2.24) is 15.5 Å². The van der Waals surface area contributed by atoms with Gasteiger partial charge in [0, 0.05) is 26.7 Å². The lowest BCUT2D eigenvalue weighted by Gasteiger charge is -1.99. The molecule has 6 heteroatoms. The van der Waals surface area contributed by atoms with Crippen LogP contribution in [0.25, 0.3) is 0 Å². The molecule has 0 bridgehead atoms. The van der Waals surface area contributed by atoms with Crippen LogP contribution in [0.15, 0.2) is 0 Å². The summed E-state index contributed by atoms with van der Waals surface area (Å²) < 4.78 is 10.3. The first-order valence-electron chi connectivity index (χ1n) is 4.45. The summed E-state index contributed by atoms with van der Waals surface area (Å²) in [5.41, 5.74) is 0. The molecule has 80 valence electrons. The standard InChI is InChI=1S/C8H15N3O2S/c1-9-6-7-10-11-8(14-7)13-5-3-4-12-2/h9H,3-6H2,1-2H3. The molecule has 1 heterocycles. The summed E-state index contributed by atoms with van der Waals surface area (Å²) in [6.07, 6.45) is 0.872. The van der Waals surface area contributed by atoms with Crippen molar-refractivity contribution >= 4 is 11.3 Å². The van der Waals surface area contributed by atoms with Crippen LogP contribution in [0, 0.1) is 0 Å². The summed E-state index contributed by atoms with van der Waals surface area (Å²) in [7, 11) is 3.55. The van der Waals surface area contributed by atoms with Gasteiger partial charge in [0.25, 0.3) is 5.19 Å². The van der Waals surface area contributed by atoms with E-state index in [9.17, 15) is 0 Å². The Hall–Kier alpha value is -0.720. The van der Waals surface area contributed by atoms with E-state index in [0.29, 0.717) is 18.4 Å². The molecule has 0 saturated heterocycles. The summed E-state index contributed by atoms with van der Waals surface area (Å²) in [6.45, 7) is 2.07. The summed E-state index contributed by atoms with van der Waals surface area (Å²) in [5.74, 6) is 0. The van der Waals surface area contributed by atoms with Crippen molar-refractivity contribution in [2.45, 2.75) is 13.0 Å². The highest BCUT2D eigenvalue weighted by Gasteiger charge is 2.03. The molecule has 14 heavy (non-hydrogen) atoms. The van der Waals surface area contributed by atoms with E-state index < -0.39 is 0 Å². The Morgan fingerprint density at radius 1 is 1.36 bits per heavy atom. The number of hydrogen-bond donors (Lipinski definition) is 1. The van der Waals surface area contributed by atoms with Gasteiger partial charge in [-0.1, -0.05) is 11.3 Å². The van der Waals surface area contributed by atoms with Gasteiger partial charge in [0.05, 0.1) is 6.61 Å². The van der Waals surface area contributed by atoms with E-state index in [0.717, 1.165) is 18.0 Å². The molecule has 0 aliphatic rings. The summed E-state index contributed by atoms with van der Waals surface area (Å²) in [6, 6.07) is 0. The van der Waals surface area contributed by atoms with E-state index in [1.54, 1.807) is 7.11 Å². The van der Waals surface area contributed by atoms with Gasteiger partial charge in [-0.2, -0.15) is 0 Å². The summed E-state index contributed by atoms with van der Waals surface area (Å²) in [5, 5.41) is 12.4. The predicted octanol–water partition coefficient (Wildman–Crippen LogP) is 0.673. The van der Waals surface area contributed by atoms with Gasteiger partial charge in [-0.05, 0) is 7.05 Å². The average molecular weight is 217 g/mol. The maximum Gasteiger partial charge on any atom is 0.294 e. The quantitative estimate of drug-likeness (QED) is 0.680. The zero-order valence-corrected chi connectivity index (χ0v) is 9.26. The summed E-state index contributed by atoms with van der Waals surface area (Å²) >= 11 is 1.47. The number of rotatable bonds is 7. The summed E-state index contributed by atoms with van der Waals surface area (Å²) in [4.78, 5) is 0. The van der Waals surface area contributed by atoms with Gasteiger partial charge in [-0.25, -0.2) is 0 Å². The molecule has 0 aliphatic carbocycles. The Labute approximate surface area is 87.4 Å². The lowest BCUT2D eigenvalue weighted by Crippen LogP contribution is -2.04. The monoisotopic (exact) mass is 217 g/mol. The third kappa shape index (κ3) is 3.99. The third-order valence-corrected chi connectivity index (χ3v) is 2.33. The fraction of sp³-hybridized carbons (Fsp3) is 0.750. The average Bonchev–Trinajstić information content (AvgIpc) is 2.61. The van der Waals surface area contributed by atoms with Gasteiger partial charge >= 0.3 is 0 Å². The van der Waals surface area contributed by atoms with Crippen LogP contribution in [-0.4, -0.2) is 37.6 Å². The zero-order chi connectivity index (χ0) is 10.2. The first-order valence-corrected chi connectivity index (χ1v) is 5.27. The number of nitrogens with one attached hydrogen (secondary N) is 1. The Morgan fingerprint density at radius 3 is 2.93 bits per heavy atom. The molecule has 5 nitrogen and oxygen atoms in total. The van der Waals surface area contributed by atoms with Crippen LogP contribution >= 0.6 is 11.3 Å². The second-order valence-electron chi connectivity index (χ2n) is 2.69. The number of nitrogens with zero attached hydrogens (tertiary/aromatic N) is 2. The highest BCUT2D eigenvalue weighted by Crippen LogP contribution is 2.17. The first kappa shape index (κ1) is 11.4. The van der Waals surface area contributed by atoms with E-state index in [-0.39, 0.29) is 0 Å². The second kappa shape index (κ2) is 6.69. The van der Waals surface area contributed by atoms with E-state index >= 15 is 0 Å². The minimum Gasteiger partial charge on any atom is -0.469 e. The molecule has 1 rings (SSSR count).